The van der Waals surface area contributed by atoms with Gasteiger partial charge in [-0.15, -0.1) is 0 Å². The third-order valence-corrected chi connectivity index (χ3v) is 3.32. The van der Waals surface area contributed by atoms with Gasteiger partial charge in [-0.25, -0.2) is 9.67 Å². The van der Waals surface area contributed by atoms with E-state index in [4.69, 9.17) is 0 Å². The molecule has 0 saturated carbocycles. The van der Waals surface area contributed by atoms with Gasteiger partial charge in [-0.1, -0.05) is 13.3 Å². The first kappa shape index (κ1) is 13.8. The Balaban J connectivity index is 2.52. The molecule has 104 valence electrons. The molecule has 0 fully saturated rings. The summed E-state index contributed by atoms with van der Waals surface area (Å²) in [7, 11) is 0. The van der Waals surface area contributed by atoms with E-state index >= 15 is 0 Å². The van der Waals surface area contributed by atoms with E-state index in [1.54, 1.807) is 6.20 Å². The fourth-order valence-corrected chi connectivity index (χ4v) is 2.29. The highest BCUT2D eigenvalue weighted by atomic mass is 16.3. The summed E-state index contributed by atoms with van der Waals surface area (Å²) in [4.78, 5) is 4.43. The van der Waals surface area contributed by atoms with Gasteiger partial charge in [0.25, 0.3) is 0 Å². The van der Waals surface area contributed by atoms with Crippen molar-refractivity contribution < 1.29 is 5.11 Å². The van der Waals surface area contributed by atoms with E-state index in [2.05, 4.69) is 29.2 Å². The number of hydrogen-bond acceptors (Lipinski definition) is 4. The third-order valence-electron chi connectivity index (χ3n) is 3.32. The highest BCUT2D eigenvalue weighted by Crippen LogP contribution is 2.28. The maximum atomic E-state index is 9.48. The highest BCUT2D eigenvalue weighted by molar-refractivity contribution is 5.93. The molecule has 0 aliphatic rings. The topological polar surface area (TPSA) is 63.0 Å². The molecule has 0 aliphatic carbocycles. The fourth-order valence-electron chi connectivity index (χ4n) is 2.29. The van der Waals surface area contributed by atoms with Gasteiger partial charge in [-0.2, -0.15) is 5.10 Å². The van der Waals surface area contributed by atoms with Crippen molar-refractivity contribution in [2.75, 3.05) is 11.9 Å². The number of nitrogens with one attached hydrogen (secondary N) is 1. The van der Waals surface area contributed by atoms with Gasteiger partial charge in [0.2, 0.25) is 0 Å². The van der Waals surface area contributed by atoms with E-state index in [-0.39, 0.29) is 6.61 Å². The molecule has 2 rings (SSSR count). The molecule has 2 aromatic rings. The molecule has 0 spiro atoms. The Bertz CT molecular complexity index is 562. The second kappa shape index (κ2) is 6.02. The van der Waals surface area contributed by atoms with Crippen molar-refractivity contribution in [2.24, 2.45) is 0 Å². The number of fused-ring (bicyclic) bond motifs is 1. The number of anilines is 1. The van der Waals surface area contributed by atoms with Crippen molar-refractivity contribution in [2.45, 2.75) is 46.8 Å². The van der Waals surface area contributed by atoms with Crippen LogP contribution in [0.5, 0.6) is 0 Å². The number of unbranched alkanes of at least 4 members (excludes halogenated alkanes) is 1. The number of aromatic nitrogens is 3. The summed E-state index contributed by atoms with van der Waals surface area (Å²) >= 11 is 0. The number of rotatable bonds is 6. The van der Waals surface area contributed by atoms with Gasteiger partial charge in [-0.05, 0) is 20.3 Å². The molecule has 5 heteroatoms. The van der Waals surface area contributed by atoms with Crippen LogP contribution in [0.4, 0.5) is 5.69 Å². The van der Waals surface area contributed by atoms with Crippen molar-refractivity contribution in [3.8, 4) is 0 Å². The minimum atomic E-state index is -0.00581. The average Bonchev–Trinajstić information content (AvgIpc) is 2.76. The molecule has 0 bridgehead atoms. The molecule has 0 saturated heterocycles. The summed E-state index contributed by atoms with van der Waals surface area (Å²) in [5.74, 6) is 0. The van der Waals surface area contributed by atoms with Gasteiger partial charge < -0.3 is 10.4 Å². The summed E-state index contributed by atoms with van der Waals surface area (Å²) in [6, 6.07) is 0. The van der Waals surface area contributed by atoms with E-state index in [0.717, 1.165) is 53.9 Å². The minimum Gasteiger partial charge on any atom is -0.392 e. The zero-order chi connectivity index (χ0) is 13.8. The normalized spacial score (nSPS) is 11.2. The molecule has 0 atom stereocenters. The SMILES string of the molecule is CCCCNc1c(CO)cnc2c1c(C)nn2CC. The summed E-state index contributed by atoms with van der Waals surface area (Å²) in [5.41, 5.74) is 3.66. The molecule has 0 aromatic carbocycles. The highest BCUT2D eigenvalue weighted by Gasteiger charge is 2.15. The van der Waals surface area contributed by atoms with E-state index in [0.29, 0.717) is 0 Å². The maximum absolute atomic E-state index is 9.48. The predicted molar refractivity (Wildman–Crippen MR) is 77.3 cm³/mol. The predicted octanol–water partition coefficient (Wildman–Crippen LogP) is 2.46. The van der Waals surface area contributed by atoms with Crippen LogP contribution < -0.4 is 5.32 Å². The van der Waals surface area contributed by atoms with E-state index in [1.807, 2.05) is 11.6 Å². The molecule has 2 heterocycles. The van der Waals surface area contributed by atoms with Crippen molar-refractivity contribution >= 4 is 16.7 Å². The average molecular weight is 262 g/mol. The smallest absolute Gasteiger partial charge is 0.160 e. The van der Waals surface area contributed by atoms with Crippen LogP contribution in [-0.2, 0) is 13.2 Å². The summed E-state index contributed by atoms with van der Waals surface area (Å²) in [5, 5.41) is 18.5. The number of pyridine rings is 1. The first-order chi connectivity index (χ1) is 9.22. The lowest BCUT2D eigenvalue weighted by Crippen LogP contribution is -2.06. The van der Waals surface area contributed by atoms with Crippen LogP contribution >= 0.6 is 0 Å². The van der Waals surface area contributed by atoms with E-state index < -0.39 is 0 Å². The first-order valence-electron chi connectivity index (χ1n) is 6.92. The van der Waals surface area contributed by atoms with Crippen molar-refractivity contribution in [3.05, 3.63) is 17.5 Å². The van der Waals surface area contributed by atoms with Gasteiger partial charge in [-0.3, -0.25) is 0 Å². The standard InChI is InChI=1S/C14H22N4O/c1-4-6-7-15-13-11(9-19)8-16-14-12(13)10(3)17-18(14)5-2/h8,19H,4-7,9H2,1-3H3,(H,15,16). The second-order valence-electron chi connectivity index (χ2n) is 4.70. The number of aliphatic hydroxyl groups is 1. The molecule has 0 unspecified atom stereocenters. The zero-order valence-electron chi connectivity index (χ0n) is 11.9. The van der Waals surface area contributed by atoms with Gasteiger partial charge in [0, 0.05) is 24.8 Å². The number of nitrogens with zero attached hydrogens (tertiary/aromatic N) is 3. The molecule has 19 heavy (non-hydrogen) atoms. The molecule has 0 radical (unpaired) electrons. The Kier molecular flexibility index (Phi) is 4.37. The summed E-state index contributed by atoms with van der Waals surface area (Å²) in [6.45, 7) is 7.90. The summed E-state index contributed by atoms with van der Waals surface area (Å²) < 4.78 is 1.90. The van der Waals surface area contributed by atoms with E-state index in [9.17, 15) is 5.11 Å². The third kappa shape index (κ3) is 2.56. The molecule has 0 amide bonds. The quantitative estimate of drug-likeness (QED) is 0.785. The lowest BCUT2D eigenvalue weighted by atomic mass is 10.1. The minimum absolute atomic E-state index is 0.00581. The van der Waals surface area contributed by atoms with Crippen LogP contribution in [0.2, 0.25) is 0 Å². The maximum Gasteiger partial charge on any atom is 0.160 e. The molecular formula is C14H22N4O. The van der Waals surface area contributed by atoms with Crippen LogP contribution in [-0.4, -0.2) is 26.4 Å². The van der Waals surface area contributed by atoms with Crippen LogP contribution in [0, 0.1) is 6.92 Å². The van der Waals surface area contributed by atoms with Gasteiger partial charge in [0.1, 0.15) is 0 Å². The molecule has 2 aromatic heterocycles. The van der Waals surface area contributed by atoms with Crippen molar-refractivity contribution in [3.63, 3.8) is 0 Å². The van der Waals surface area contributed by atoms with Crippen LogP contribution in [0.1, 0.15) is 37.9 Å². The number of hydrogen-bond donors (Lipinski definition) is 2. The zero-order valence-corrected chi connectivity index (χ0v) is 11.9. The van der Waals surface area contributed by atoms with Crippen LogP contribution in [0.3, 0.4) is 0 Å². The summed E-state index contributed by atoms with van der Waals surface area (Å²) in [6.07, 6.45) is 3.99. The van der Waals surface area contributed by atoms with Crippen LogP contribution in [0.25, 0.3) is 11.0 Å². The Hall–Kier alpha value is -1.62. The Morgan fingerprint density at radius 1 is 1.37 bits per heavy atom. The van der Waals surface area contributed by atoms with Gasteiger partial charge >= 0.3 is 0 Å². The largest absolute Gasteiger partial charge is 0.392 e. The Morgan fingerprint density at radius 2 is 2.16 bits per heavy atom. The fraction of sp³-hybridized carbons (Fsp3) is 0.571. The Labute approximate surface area is 113 Å². The first-order valence-corrected chi connectivity index (χ1v) is 6.92. The monoisotopic (exact) mass is 262 g/mol. The molecule has 0 aliphatic heterocycles. The lowest BCUT2D eigenvalue weighted by molar-refractivity contribution is 0.282. The molecule has 5 nitrogen and oxygen atoms in total. The second-order valence-corrected chi connectivity index (χ2v) is 4.70. The molecule has 2 N–H and O–H groups in total. The van der Waals surface area contributed by atoms with E-state index in [1.165, 1.54) is 0 Å². The Morgan fingerprint density at radius 3 is 2.79 bits per heavy atom. The van der Waals surface area contributed by atoms with Crippen LogP contribution in [0.15, 0.2) is 6.20 Å². The van der Waals surface area contributed by atoms with Crippen molar-refractivity contribution in [1.82, 2.24) is 14.8 Å². The van der Waals surface area contributed by atoms with Gasteiger partial charge in [0.15, 0.2) is 5.65 Å². The number of aliphatic hydroxyl groups excluding tert-OH is 1. The van der Waals surface area contributed by atoms with Crippen molar-refractivity contribution in [1.29, 1.82) is 0 Å². The lowest BCUT2D eigenvalue weighted by Gasteiger charge is -2.12. The number of aryl methyl sites for hydroxylation is 2. The molecular weight excluding hydrogens is 240 g/mol. The van der Waals surface area contributed by atoms with Gasteiger partial charge in [0.05, 0.1) is 23.4 Å².